The summed E-state index contributed by atoms with van der Waals surface area (Å²) in [5.74, 6) is 0. The standard InChI is InChI=1S/C18H20Cl4N2O4S2/c19-13-7-5-8-14(20)17(13)29(25,26)23-11-3-1-2-4-12-24-30(27,28)18-15(21)9-6-10-16(18)22/h5-10,23-24H,1-4,11-12H2. The molecule has 0 saturated heterocycles. The van der Waals surface area contributed by atoms with E-state index in [0.717, 1.165) is 0 Å². The van der Waals surface area contributed by atoms with E-state index in [-0.39, 0.29) is 43.0 Å². The fourth-order valence-corrected chi connectivity index (χ4v) is 7.07. The summed E-state index contributed by atoms with van der Waals surface area (Å²) in [5.41, 5.74) is 0. The number of hydrogen-bond acceptors (Lipinski definition) is 4. The minimum Gasteiger partial charge on any atom is -0.211 e. The summed E-state index contributed by atoms with van der Waals surface area (Å²) in [7, 11) is -7.62. The van der Waals surface area contributed by atoms with E-state index >= 15 is 0 Å². The van der Waals surface area contributed by atoms with Crippen molar-refractivity contribution in [2.75, 3.05) is 13.1 Å². The monoisotopic (exact) mass is 532 g/mol. The van der Waals surface area contributed by atoms with Crippen LogP contribution in [0.1, 0.15) is 25.7 Å². The molecule has 0 bridgehead atoms. The van der Waals surface area contributed by atoms with Crippen LogP contribution >= 0.6 is 46.4 Å². The van der Waals surface area contributed by atoms with Gasteiger partial charge in [0, 0.05) is 13.1 Å². The van der Waals surface area contributed by atoms with Crippen LogP contribution in [0.15, 0.2) is 46.2 Å². The van der Waals surface area contributed by atoms with Crippen LogP contribution in [0.5, 0.6) is 0 Å². The van der Waals surface area contributed by atoms with E-state index in [1.807, 2.05) is 0 Å². The van der Waals surface area contributed by atoms with E-state index in [0.29, 0.717) is 25.7 Å². The van der Waals surface area contributed by atoms with Crippen molar-refractivity contribution in [3.8, 4) is 0 Å². The maximum atomic E-state index is 12.3. The molecule has 30 heavy (non-hydrogen) atoms. The Labute approximate surface area is 197 Å². The van der Waals surface area contributed by atoms with Crippen LogP contribution in [0.4, 0.5) is 0 Å². The second-order valence-corrected chi connectivity index (χ2v) is 11.3. The Hall–Kier alpha value is -0.580. The molecule has 0 unspecified atom stereocenters. The SMILES string of the molecule is O=S(=O)(NCCCCCCNS(=O)(=O)c1c(Cl)cccc1Cl)c1c(Cl)cccc1Cl. The molecule has 166 valence electrons. The van der Waals surface area contributed by atoms with Crippen LogP contribution in [0.3, 0.4) is 0 Å². The molecular weight excluding hydrogens is 514 g/mol. The van der Waals surface area contributed by atoms with E-state index < -0.39 is 20.0 Å². The van der Waals surface area contributed by atoms with Crippen LogP contribution in [-0.4, -0.2) is 29.9 Å². The Morgan fingerprint density at radius 3 is 1.17 bits per heavy atom. The number of rotatable bonds is 11. The third-order valence-electron chi connectivity index (χ3n) is 4.06. The summed E-state index contributed by atoms with van der Waals surface area (Å²) < 4.78 is 54.3. The van der Waals surface area contributed by atoms with Crippen LogP contribution in [0, 0.1) is 0 Å². The lowest BCUT2D eigenvalue weighted by molar-refractivity contribution is 0.563. The van der Waals surface area contributed by atoms with Gasteiger partial charge in [-0.1, -0.05) is 71.4 Å². The van der Waals surface area contributed by atoms with Crippen LogP contribution < -0.4 is 9.44 Å². The first-order valence-corrected chi connectivity index (χ1v) is 13.4. The molecule has 0 heterocycles. The van der Waals surface area contributed by atoms with Crippen molar-refractivity contribution in [1.82, 2.24) is 9.44 Å². The summed E-state index contributed by atoms with van der Waals surface area (Å²) in [6, 6.07) is 8.96. The number of benzene rings is 2. The second kappa shape index (κ2) is 11.3. The molecule has 0 aliphatic rings. The van der Waals surface area contributed by atoms with Gasteiger partial charge in [0.1, 0.15) is 9.79 Å². The molecule has 12 heteroatoms. The highest BCUT2D eigenvalue weighted by molar-refractivity contribution is 7.90. The number of hydrogen-bond donors (Lipinski definition) is 2. The van der Waals surface area contributed by atoms with Crippen molar-refractivity contribution in [1.29, 1.82) is 0 Å². The van der Waals surface area contributed by atoms with Crippen molar-refractivity contribution in [2.45, 2.75) is 35.5 Å². The fraction of sp³-hybridized carbons (Fsp3) is 0.333. The lowest BCUT2D eigenvalue weighted by Gasteiger charge is -2.11. The number of unbranched alkanes of at least 4 members (excludes halogenated alkanes) is 3. The molecule has 0 radical (unpaired) electrons. The van der Waals surface area contributed by atoms with Gasteiger partial charge in [0.05, 0.1) is 20.1 Å². The molecule has 0 amide bonds. The zero-order valence-electron chi connectivity index (χ0n) is 15.7. The molecular formula is C18H20Cl4N2O4S2. The largest absolute Gasteiger partial charge is 0.243 e. The topological polar surface area (TPSA) is 92.3 Å². The van der Waals surface area contributed by atoms with Gasteiger partial charge in [-0.05, 0) is 37.1 Å². The first-order chi connectivity index (χ1) is 14.1. The summed E-state index contributed by atoms with van der Waals surface area (Å²) in [4.78, 5) is -0.276. The summed E-state index contributed by atoms with van der Waals surface area (Å²) in [5, 5.41) is 0.226. The Bertz CT molecular complexity index is 965. The molecule has 0 spiro atoms. The molecule has 2 rings (SSSR count). The molecule has 0 aliphatic heterocycles. The lowest BCUT2D eigenvalue weighted by Crippen LogP contribution is -2.26. The van der Waals surface area contributed by atoms with E-state index in [1.54, 1.807) is 12.1 Å². The lowest BCUT2D eigenvalue weighted by atomic mass is 10.2. The summed E-state index contributed by atoms with van der Waals surface area (Å²) in [6.45, 7) is 0.426. The maximum Gasteiger partial charge on any atom is 0.243 e. The number of nitrogens with one attached hydrogen (secondary N) is 2. The average molecular weight is 534 g/mol. The van der Waals surface area contributed by atoms with E-state index in [1.165, 1.54) is 24.3 Å². The normalized spacial score (nSPS) is 12.3. The van der Waals surface area contributed by atoms with Crippen LogP contribution in [0.25, 0.3) is 0 Å². The van der Waals surface area contributed by atoms with Gasteiger partial charge in [0.25, 0.3) is 0 Å². The van der Waals surface area contributed by atoms with E-state index in [4.69, 9.17) is 46.4 Å². The predicted molar refractivity (Wildman–Crippen MR) is 122 cm³/mol. The van der Waals surface area contributed by atoms with Gasteiger partial charge < -0.3 is 0 Å². The highest BCUT2D eigenvalue weighted by atomic mass is 35.5. The van der Waals surface area contributed by atoms with Gasteiger partial charge in [-0.3, -0.25) is 0 Å². The highest BCUT2D eigenvalue weighted by Crippen LogP contribution is 2.29. The molecule has 0 saturated carbocycles. The Balaban J connectivity index is 1.73. The Kier molecular flexibility index (Phi) is 9.70. The number of sulfonamides is 2. The van der Waals surface area contributed by atoms with Crippen molar-refractivity contribution in [3.63, 3.8) is 0 Å². The Morgan fingerprint density at radius 2 is 0.867 bits per heavy atom. The van der Waals surface area contributed by atoms with Crippen LogP contribution in [-0.2, 0) is 20.0 Å². The molecule has 0 aromatic heterocycles. The third-order valence-corrected chi connectivity index (χ3v) is 8.89. The Morgan fingerprint density at radius 1 is 0.567 bits per heavy atom. The molecule has 2 N–H and O–H groups in total. The van der Waals surface area contributed by atoms with Gasteiger partial charge >= 0.3 is 0 Å². The predicted octanol–water partition coefficient (Wildman–Crippen LogP) is 5.12. The minimum atomic E-state index is -3.81. The van der Waals surface area contributed by atoms with Gasteiger partial charge in [-0.2, -0.15) is 0 Å². The number of halogens is 4. The van der Waals surface area contributed by atoms with Crippen molar-refractivity contribution in [2.24, 2.45) is 0 Å². The second-order valence-electron chi connectivity index (χ2n) is 6.31. The van der Waals surface area contributed by atoms with Crippen molar-refractivity contribution >= 4 is 66.5 Å². The quantitative estimate of drug-likeness (QED) is 0.392. The summed E-state index contributed by atoms with van der Waals surface area (Å²) >= 11 is 23.7. The third kappa shape index (κ3) is 6.97. The zero-order valence-corrected chi connectivity index (χ0v) is 20.3. The molecule has 0 atom stereocenters. The molecule has 6 nitrogen and oxygen atoms in total. The smallest absolute Gasteiger partial charge is 0.211 e. The summed E-state index contributed by atoms with van der Waals surface area (Å²) in [6.07, 6.45) is 2.55. The van der Waals surface area contributed by atoms with Crippen molar-refractivity contribution in [3.05, 3.63) is 56.5 Å². The van der Waals surface area contributed by atoms with E-state index in [2.05, 4.69) is 9.44 Å². The minimum absolute atomic E-state index is 0.0564. The average Bonchev–Trinajstić information content (AvgIpc) is 2.63. The van der Waals surface area contributed by atoms with Crippen LogP contribution in [0.2, 0.25) is 20.1 Å². The molecule has 0 aliphatic carbocycles. The maximum absolute atomic E-state index is 12.3. The zero-order chi connectivity index (χ0) is 22.4. The van der Waals surface area contributed by atoms with Gasteiger partial charge in [-0.25, -0.2) is 26.3 Å². The fourth-order valence-electron chi connectivity index (χ4n) is 2.64. The highest BCUT2D eigenvalue weighted by Gasteiger charge is 2.21. The van der Waals surface area contributed by atoms with Gasteiger partial charge in [-0.15, -0.1) is 0 Å². The molecule has 2 aromatic rings. The van der Waals surface area contributed by atoms with Gasteiger partial charge in [0.15, 0.2) is 0 Å². The first-order valence-electron chi connectivity index (χ1n) is 8.93. The first kappa shape index (κ1) is 25.7. The molecule has 0 fully saturated rings. The van der Waals surface area contributed by atoms with Gasteiger partial charge in [0.2, 0.25) is 20.0 Å². The van der Waals surface area contributed by atoms with E-state index in [9.17, 15) is 16.8 Å². The molecule has 2 aromatic carbocycles. The van der Waals surface area contributed by atoms with Crippen molar-refractivity contribution < 1.29 is 16.8 Å².